The maximum atomic E-state index is 9.06. The molecule has 0 saturated carbocycles. The molecule has 1 aliphatic rings. The van der Waals surface area contributed by atoms with E-state index in [1.807, 2.05) is 28.9 Å². The Hall–Kier alpha value is -2.35. The van der Waals surface area contributed by atoms with Gasteiger partial charge < -0.3 is 19.9 Å². The summed E-state index contributed by atoms with van der Waals surface area (Å²) in [5.74, 6) is 1.79. The van der Waals surface area contributed by atoms with Crippen LogP contribution in [0.15, 0.2) is 30.5 Å². The molecule has 2 aromatic heterocycles. The van der Waals surface area contributed by atoms with E-state index in [1.54, 1.807) is 6.07 Å². The van der Waals surface area contributed by atoms with E-state index in [4.69, 9.17) is 31.2 Å². The van der Waals surface area contributed by atoms with E-state index in [-0.39, 0.29) is 13.2 Å². The Balaban J connectivity index is 1.79. The lowest BCUT2D eigenvalue weighted by Gasteiger charge is -2.24. The third-order valence-corrected chi connectivity index (χ3v) is 5.44. The highest BCUT2D eigenvalue weighted by molar-refractivity contribution is 6.31. The van der Waals surface area contributed by atoms with Gasteiger partial charge in [-0.25, -0.2) is 4.98 Å². The summed E-state index contributed by atoms with van der Waals surface area (Å²) in [6, 6.07) is 7.83. The van der Waals surface area contributed by atoms with Crippen LogP contribution in [0.1, 0.15) is 38.2 Å². The highest BCUT2D eigenvalue weighted by Gasteiger charge is 2.19. The lowest BCUT2D eigenvalue weighted by Crippen LogP contribution is -2.28. The molecule has 0 spiro atoms. The molecule has 1 saturated heterocycles. The summed E-state index contributed by atoms with van der Waals surface area (Å²) >= 11 is 6.34. The fourth-order valence-corrected chi connectivity index (χ4v) is 3.87. The molecule has 0 aliphatic carbocycles. The molecule has 1 fully saturated rings. The molecule has 1 aromatic carbocycles. The largest absolute Gasteiger partial charge is 0.491 e. The second kappa shape index (κ2) is 9.20. The van der Waals surface area contributed by atoms with E-state index < -0.39 is 0 Å². The van der Waals surface area contributed by atoms with Gasteiger partial charge >= 0.3 is 0 Å². The van der Waals surface area contributed by atoms with Gasteiger partial charge in [0.2, 0.25) is 0 Å². The van der Waals surface area contributed by atoms with Crippen LogP contribution in [-0.2, 0) is 4.74 Å². The fourth-order valence-electron chi connectivity index (χ4n) is 3.65. The van der Waals surface area contributed by atoms with Crippen LogP contribution in [0.3, 0.4) is 0 Å². The summed E-state index contributed by atoms with van der Waals surface area (Å²) in [6.45, 7) is 5.94. The summed E-state index contributed by atoms with van der Waals surface area (Å²) < 4.78 is 12.9. The number of fused-ring (bicyclic) bond motifs is 1. The Morgan fingerprint density at radius 2 is 2.07 bits per heavy atom. The number of rotatable bonds is 7. The number of hydrogen-bond acceptors (Lipinski definition) is 6. The van der Waals surface area contributed by atoms with E-state index in [2.05, 4.69) is 24.3 Å². The number of aliphatic hydroxyl groups excluding tert-OH is 1. The van der Waals surface area contributed by atoms with Crippen LogP contribution in [-0.4, -0.2) is 52.2 Å². The molecule has 0 unspecified atom stereocenters. The molecule has 0 amide bonds. The number of anilines is 1. The highest BCUT2D eigenvalue weighted by Crippen LogP contribution is 2.31. The third-order valence-electron chi connectivity index (χ3n) is 5.22. The Morgan fingerprint density at radius 3 is 2.80 bits per heavy atom. The quantitative estimate of drug-likeness (QED) is 0.586. The van der Waals surface area contributed by atoms with Gasteiger partial charge in [-0.2, -0.15) is 9.61 Å². The second-order valence-corrected chi connectivity index (χ2v) is 8.23. The summed E-state index contributed by atoms with van der Waals surface area (Å²) in [6.07, 6.45) is 3.79. The Kier molecular flexibility index (Phi) is 6.41. The molecule has 0 bridgehead atoms. The third kappa shape index (κ3) is 4.53. The molecule has 3 heterocycles. The molecular weight excluding hydrogens is 404 g/mol. The normalized spacial score (nSPS) is 15.1. The van der Waals surface area contributed by atoms with Crippen LogP contribution in [0.2, 0.25) is 5.02 Å². The number of hydrogen-bond donors (Lipinski definition) is 2. The van der Waals surface area contributed by atoms with Gasteiger partial charge in [0.05, 0.1) is 18.5 Å². The first-order valence-electron chi connectivity index (χ1n) is 10.3. The summed E-state index contributed by atoms with van der Waals surface area (Å²) in [5, 5.41) is 17.8. The standard InChI is InChI=1S/C22H27ClN4O3/c1-14(2)19-13-24-27-21(25-17-3-6-29-7-4-17)12-20(26-22(19)27)15-9-16(23)11-18(10-15)30-8-5-28/h9-14,17,25,28H,3-8H2,1-2H3. The van der Waals surface area contributed by atoms with Crippen LogP contribution < -0.4 is 10.1 Å². The highest BCUT2D eigenvalue weighted by atomic mass is 35.5. The van der Waals surface area contributed by atoms with Gasteiger partial charge in [-0.1, -0.05) is 25.4 Å². The van der Waals surface area contributed by atoms with E-state index >= 15 is 0 Å². The van der Waals surface area contributed by atoms with E-state index in [9.17, 15) is 0 Å². The molecule has 1 aliphatic heterocycles. The lowest BCUT2D eigenvalue weighted by atomic mass is 10.1. The average Bonchev–Trinajstić information content (AvgIpc) is 3.17. The predicted octanol–water partition coefficient (Wildman–Crippen LogP) is 4.14. The molecule has 30 heavy (non-hydrogen) atoms. The first-order valence-corrected chi connectivity index (χ1v) is 10.7. The number of halogens is 1. The lowest BCUT2D eigenvalue weighted by molar-refractivity contribution is 0.0903. The Labute approximate surface area is 181 Å². The molecule has 160 valence electrons. The SMILES string of the molecule is CC(C)c1cnn2c(NC3CCOCC3)cc(-c3cc(Cl)cc(OCCO)c3)nc12. The molecule has 3 aromatic rings. The van der Waals surface area contributed by atoms with Gasteiger partial charge in [0.25, 0.3) is 0 Å². The van der Waals surface area contributed by atoms with Crippen molar-refractivity contribution < 1.29 is 14.6 Å². The molecule has 2 N–H and O–H groups in total. The smallest absolute Gasteiger partial charge is 0.161 e. The van der Waals surface area contributed by atoms with Crippen LogP contribution in [0.25, 0.3) is 16.9 Å². The van der Waals surface area contributed by atoms with Gasteiger partial charge in [0.15, 0.2) is 5.65 Å². The average molecular weight is 431 g/mol. The Morgan fingerprint density at radius 1 is 1.27 bits per heavy atom. The number of benzene rings is 1. The zero-order chi connectivity index (χ0) is 21.1. The number of nitrogens with zero attached hydrogens (tertiary/aromatic N) is 3. The molecular formula is C22H27ClN4O3. The van der Waals surface area contributed by atoms with Crippen LogP contribution >= 0.6 is 11.6 Å². The minimum absolute atomic E-state index is 0.0567. The predicted molar refractivity (Wildman–Crippen MR) is 118 cm³/mol. The van der Waals surface area contributed by atoms with Gasteiger partial charge in [-0.15, -0.1) is 0 Å². The van der Waals surface area contributed by atoms with Crippen molar-refractivity contribution in [3.05, 3.63) is 41.0 Å². The number of aliphatic hydroxyl groups is 1. The van der Waals surface area contributed by atoms with Crippen LogP contribution in [0.4, 0.5) is 5.82 Å². The zero-order valence-electron chi connectivity index (χ0n) is 17.3. The number of aromatic nitrogens is 3. The van der Waals surface area contributed by atoms with Gasteiger partial charge in [0.1, 0.15) is 18.2 Å². The molecule has 0 radical (unpaired) electrons. The van der Waals surface area contributed by atoms with Crippen molar-refractivity contribution in [2.75, 3.05) is 31.7 Å². The zero-order valence-corrected chi connectivity index (χ0v) is 18.0. The van der Waals surface area contributed by atoms with Gasteiger partial charge in [0, 0.05) is 41.5 Å². The first-order chi connectivity index (χ1) is 14.5. The summed E-state index contributed by atoms with van der Waals surface area (Å²) in [5.41, 5.74) is 3.56. The van der Waals surface area contributed by atoms with Crippen molar-refractivity contribution in [1.29, 1.82) is 0 Å². The van der Waals surface area contributed by atoms with Crippen molar-refractivity contribution in [3.8, 4) is 17.0 Å². The summed E-state index contributed by atoms with van der Waals surface area (Å²) in [7, 11) is 0. The van der Waals surface area contributed by atoms with Crippen molar-refractivity contribution in [2.24, 2.45) is 0 Å². The van der Waals surface area contributed by atoms with Gasteiger partial charge in [-0.05, 0) is 37.0 Å². The fraction of sp³-hybridized carbons (Fsp3) is 0.455. The first kappa shape index (κ1) is 20.9. The van der Waals surface area contributed by atoms with Crippen molar-refractivity contribution in [3.63, 3.8) is 0 Å². The maximum absolute atomic E-state index is 9.06. The molecule has 7 nitrogen and oxygen atoms in total. The minimum atomic E-state index is -0.0567. The van der Waals surface area contributed by atoms with E-state index in [0.29, 0.717) is 22.7 Å². The van der Waals surface area contributed by atoms with Crippen molar-refractivity contribution in [2.45, 2.75) is 38.6 Å². The van der Waals surface area contributed by atoms with Crippen LogP contribution in [0.5, 0.6) is 5.75 Å². The molecule has 0 atom stereocenters. The van der Waals surface area contributed by atoms with Gasteiger partial charge in [-0.3, -0.25) is 0 Å². The molecule has 4 rings (SSSR count). The van der Waals surface area contributed by atoms with Crippen molar-refractivity contribution >= 4 is 23.1 Å². The van der Waals surface area contributed by atoms with E-state index in [1.165, 1.54) is 0 Å². The van der Waals surface area contributed by atoms with E-state index in [0.717, 1.165) is 54.3 Å². The van der Waals surface area contributed by atoms with Crippen LogP contribution in [0, 0.1) is 0 Å². The Bertz CT molecular complexity index is 1020. The summed E-state index contributed by atoms with van der Waals surface area (Å²) in [4.78, 5) is 4.92. The monoisotopic (exact) mass is 430 g/mol. The topological polar surface area (TPSA) is 80.9 Å². The number of nitrogens with one attached hydrogen (secondary N) is 1. The van der Waals surface area contributed by atoms with Crippen molar-refractivity contribution in [1.82, 2.24) is 14.6 Å². The molecule has 8 heteroatoms. The second-order valence-electron chi connectivity index (χ2n) is 7.80. The maximum Gasteiger partial charge on any atom is 0.161 e. The number of ether oxygens (including phenoxy) is 2. The minimum Gasteiger partial charge on any atom is -0.491 e.